The Hall–Kier alpha value is -3.22. The Morgan fingerprint density at radius 1 is 1.03 bits per heavy atom. The third-order valence-corrected chi connectivity index (χ3v) is 5.99. The molecule has 1 fully saturated rings. The average molecular weight is 455 g/mol. The summed E-state index contributed by atoms with van der Waals surface area (Å²) in [7, 11) is 3.11. The van der Waals surface area contributed by atoms with E-state index in [1.807, 2.05) is 31.2 Å². The van der Waals surface area contributed by atoms with Crippen molar-refractivity contribution < 1.29 is 23.8 Å². The molecule has 33 heavy (non-hydrogen) atoms. The van der Waals surface area contributed by atoms with Crippen molar-refractivity contribution in [1.29, 1.82) is 0 Å². The van der Waals surface area contributed by atoms with Crippen molar-refractivity contribution in [1.82, 2.24) is 10.2 Å². The van der Waals surface area contributed by atoms with E-state index in [1.165, 1.54) is 0 Å². The molecule has 0 radical (unpaired) electrons. The monoisotopic (exact) mass is 454 g/mol. The Labute approximate surface area is 196 Å². The summed E-state index contributed by atoms with van der Waals surface area (Å²) in [5.74, 6) is 1.19. The van der Waals surface area contributed by atoms with Crippen LogP contribution in [0.25, 0.3) is 0 Å². The molecule has 7 heteroatoms. The number of hydrogen-bond acceptors (Lipinski definition) is 5. The number of methoxy groups -OCH3 is 2. The van der Waals surface area contributed by atoms with Crippen LogP contribution in [0.15, 0.2) is 42.5 Å². The van der Waals surface area contributed by atoms with Crippen LogP contribution in [0, 0.1) is 6.92 Å². The molecule has 1 N–H and O–H groups in total. The standard InChI is InChI=1S/C26H34N2O5/c1-18-8-7-9-20(12-18)16-28(19(2)26(30)27-21-10-5-6-11-21)25(29)17-33-24-14-22(31-3)13-23(15-24)32-4/h7-9,12-15,19,21H,5-6,10-11,16-17H2,1-4H3,(H,27,30). The van der Waals surface area contributed by atoms with Crippen LogP contribution in [0.1, 0.15) is 43.7 Å². The molecule has 2 aromatic rings. The second-order valence-corrected chi connectivity index (χ2v) is 8.51. The van der Waals surface area contributed by atoms with Crippen molar-refractivity contribution in [2.24, 2.45) is 0 Å². The summed E-state index contributed by atoms with van der Waals surface area (Å²) < 4.78 is 16.3. The zero-order chi connectivity index (χ0) is 23.8. The fraction of sp³-hybridized carbons (Fsp3) is 0.462. The quantitative estimate of drug-likeness (QED) is 0.590. The average Bonchev–Trinajstić information content (AvgIpc) is 3.33. The number of rotatable bonds is 10. The van der Waals surface area contributed by atoms with Crippen LogP contribution in [0.4, 0.5) is 0 Å². The molecule has 1 saturated carbocycles. The van der Waals surface area contributed by atoms with E-state index < -0.39 is 6.04 Å². The molecule has 0 aliphatic heterocycles. The number of nitrogens with zero attached hydrogens (tertiary/aromatic N) is 1. The first-order valence-corrected chi connectivity index (χ1v) is 11.4. The van der Waals surface area contributed by atoms with E-state index in [4.69, 9.17) is 14.2 Å². The van der Waals surface area contributed by atoms with Crippen LogP contribution in [-0.2, 0) is 16.1 Å². The molecule has 178 valence electrons. The maximum absolute atomic E-state index is 13.3. The lowest BCUT2D eigenvalue weighted by Gasteiger charge is -2.29. The van der Waals surface area contributed by atoms with Gasteiger partial charge in [-0.15, -0.1) is 0 Å². The Bertz CT molecular complexity index is 933. The van der Waals surface area contributed by atoms with Gasteiger partial charge in [-0.05, 0) is 32.3 Å². The van der Waals surface area contributed by atoms with Gasteiger partial charge in [0.25, 0.3) is 5.91 Å². The second-order valence-electron chi connectivity index (χ2n) is 8.51. The molecular weight excluding hydrogens is 420 g/mol. The lowest BCUT2D eigenvalue weighted by atomic mass is 10.1. The number of ether oxygens (including phenoxy) is 3. The molecule has 0 aromatic heterocycles. The lowest BCUT2D eigenvalue weighted by molar-refractivity contribution is -0.142. The zero-order valence-corrected chi connectivity index (χ0v) is 19.9. The Balaban J connectivity index is 1.74. The highest BCUT2D eigenvalue weighted by Crippen LogP contribution is 2.27. The van der Waals surface area contributed by atoms with E-state index in [2.05, 4.69) is 5.32 Å². The number of carbonyl (C=O) groups excluding carboxylic acids is 2. The minimum absolute atomic E-state index is 0.133. The minimum atomic E-state index is -0.623. The second kappa shape index (κ2) is 11.6. The summed E-state index contributed by atoms with van der Waals surface area (Å²) in [4.78, 5) is 27.8. The topological polar surface area (TPSA) is 77.1 Å². The van der Waals surface area contributed by atoms with Crippen LogP contribution < -0.4 is 19.5 Å². The van der Waals surface area contributed by atoms with Crippen molar-refractivity contribution in [2.75, 3.05) is 20.8 Å². The van der Waals surface area contributed by atoms with E-state index in [1.54, 1.807) is 44.2 Å². The predicted octanol–water partition coefficient (Wildman–Crippen LogP) is 3.87. The fourth-order valence-corrected chi connectivity index (χ4v) is 4.07. The van der Waals surface area contributed by atoms with Gasteiger partial charge in [-0.3, -0.25) is 9.59 Å². The molecule has 0 heterocycles. The summed E-state index contributed by atoms with van der Waals surface area (Å²) in [6, 6.07) is 12.6. The van der Waals surface area contributed by atoms with E-state index in [-0.39, 0.29) is 24.5 Å². The maximum Gasteiger partial charge on any atom is 0.261 e. The summed E-state index contributed by atoms with van der Waals surface area (Å²) >= 11 is 0. The van der Waals surface area contributed by atoms with Crippen LogP contribution in [0.3, 0.4) is 0 Å². The lowest BCUT2D eigenvalue weighted by Crippen LogP contribution is -2.50. The van der Waals surface area contributed by atoms with Crippen LogP contribution in [0.2, 0.25) is 0 Å². The third kappa shape index (κ3) is 6.88. The largest absolute Gasteiger partial charge is 0.496 e. The number of nitrogens with one attached hydrogen (secondary N) is 1. The summed E-state index contributed by atoms with van der Waals surface area (Å²) in [6.45, 7) is 3.89. The highest BCUT2D eigenvalue weighted by Gasteiger charge is 2.28. The van der Waals surface area contributed by atoms with Gasteiger partial charge in [-0.1, -0.05) is 42.7 Å². The zero-order valence-electron chi connectivity index (χ0n) is 19.9. The number of aryl methyl sites for hydroxylation is 1. The van der Waals surface area contributed by atoms with Gasteiger partial charge in [0.1, 0.15) is 23.3 Å². The number of hydrogen-bond donors (Lipinski definition) is 1. The van der Waals surface area contributed by atoms with E-state index >= 15 is 0 Å². The first-order valence-electron chi connectivity index (χ1n) is 11.4. The molecule has 0 spiro atoms. The Morgan fingerprint density at radius 3 is 2.27 bits per heavy atom. The molecule has 1 unspecified atom stereocenters. The van der Waals surface area contributed by atoms with E-state index in [0.29, 0.717) is 23.8 Å². The van der Waals surface area contributed by atoms with Gasteiger partial charge >= 0.3 is 0 Å². The molecule has 0 bridgehead atoms. The molecule has 3 rings (SSSR count). The smallest absolute Gasteiger partial charge is 0.261 e. The highest BCUT2D eigenvalue weighted by atomic mass is 16.5. The SMILES string of the molecule is COc1cc(OC)cc(OCC(=O)N(Cc2cccc(C)c2)C(C)C(=O)NC2CCCC2)c1. The van der Waals surface area contributed by atoms with Crippen molar-refractivity contribution in [3.63, 3.8) is 0 Å². The number of amides is 2. The van der Waals surface area contributed by atoms with E-state index in [9.17, 15) is 9.59 Å². The molecular formula is C26H34N2O5. The van der Waals surface area contributed by atoms with Crippen LogP contribution in [0.5, 0.6) is 17.2 Å². The van der Waals surface area contributed by atoms with Gasteiger partial charge in [0.15, 0.2) is 6.61 Å². The molecule has 1 aliphatic carbocycles. The summed E-state index contributed by atoms with van der Waals surface area (Å²) in [5.41, 5.74) is 2.06. The van der Waals surface area contributed by atoms with Crippen LogP contribution in [-0.4, -0.2) is 49.6 Å². The first kappa shape index (κ1) is 24.4. The molecule has 1 aliphatic rings. The van der Waals surface area contributed by atoms with Crippen molar-refractivity contribution in [2.45, 2.75) is 58.2 Å². The van der Waals surface area contributed by atoms with Crippen molar-refractivity contribution in [3.8, 4) is 17.2 Å². The normalized spacial score (nSPS) is 14.4. The van der Waals surface area contributed by atoms with Gasteiger partial charge < -0.3 is 24.4 Å². The van der Waals surface area contributed by atoms with Gasteiger partial charge in [0.2, 0.25) is 5.91 Å². The summed E-state index contributed by atoms with van der Waals surface area (Å²) in [6.07, 6.45) is 4.24. The third-order valence-electron chi connectivity index (χ3n) is 5.99. The van der Waals surface area contributed by atoms with Crippen LogP contribution >= 0.6 is 0 Å². The molecule has 2 aromatic carbocycles. The van der Waals surface area contributed by atoms with Gasteiger partial charge in [0, 0.05) is 30.8 Å². The van der Waals surface area contributed by atoms with E-state index in [0.717, 1.165) is 36.8 Å². The molecule has 2 amide bonds. The van der Waals surface area contributed by atoms with Gasteiger partial charge in [0.05, 0.1) is 14.2 Å². The Morgan fingerprint density at radius 2 is 1.67 bits per heavy atom. The maximum atomic E-state index is 13.3. The Kier molecular flexibility index (Phi) is 8.58. The predicted molar refractivity (Wildman–Crippen MR) is 127 cm³/mol. The first-order chi connectivity index (χ1) is 15.9. The number of benzene rings is 2. The molecule has 0 saturated heterocycles. The van der Waals surface area contributed by atoms with Crippen molar-refractivity contribution in [3.05, 3.63) is 53.6 Å². The summed E-state index contributed by atoms with van der Waals surface area (Å²) in [5, 5.41) is 3.11. The molecule has 7 nitrogen and oxygen atoms in total. The fourth-order valence-electron chi connectivity index (χ4n) is 4.07. The van der Waals surface area contributed by atoms with Gasteiger partial charge in [-0.2, -0.15) is 0 Å². The minimum Gasteiger partial charge on any atom is -0.496 e. The van der Waals surface area contributed by atoms with Gasteiger partial charge in [-0.25, -0.2) is 0 Å². The number of carbonyl (C=O) groups is 2. The molecule has 1 atom stereocenters. The van der Waals surface area contributed by atoms with Crippen molar-refractivity contribution >= 4 is 11.8 Å². The highest BCUT2D eigenvalue weighted by molar-refractivity contribution is 5.88.